The van der Waals surface area contributed by atoms with Crippen LogP contribution in [0.15, 0.2) is 12.1 Å². The van der Waals surface area contributed by atoms with Gasteiger partial charge in [-0.1, -0.05) is 0 Å². The second kappa shape index (κ2) is 6.85. The van der Waals surface area contributed by atoms with Crippen molar-refractivity contribution in [1.82, 2.24) is 10.2 Å². The molecule has 0 unspecified atom stereocenters. The second-order valence-corrected chi connectivity index (χ2v) is 4.53. The second-order valence-electron chi connectivity index (χ2n) is 4.53. The van der Waals surface area contributed by atoms with Gasteiger partial charge in [-0.25, -0.2) is 13.2 Å². The van der Waals surface area contributed by atoms with Crippen molar-refractivity contribution in [3.05, 3.63) is 35.1 Å². The summed E-state index contributed by atoms with van der Waals surface area (Å²) in [6.45, 7) is 0.868. The van der Waals surface area contributed by atoms with Gasteiger partial charge in [0.05, 0.1) is 0 Å². The summed E-state index contributed by atoms with van der Waals surface area (Å²) in [4.78, 5) is 1.07. The fourth-order valence-electron chi connectivity index (χ4n) is 2.28. The van der Waals surface area contributed by atoms with E-state index < -0.39 is 35.2 Å². The first-order valence-electron chi connectivity index (χ1n) is 5.96. The van der Waals surface area contributed by atoms with Gasteiger partial charge in [0.1, 0.15) is 6.04 Å². The number of rotatable bonds is 2. The summed E-state index contributed by atoms with van der Waals surface area (Å²) in [7, 11) is 0. The van der Waals surface area contributed by atoms with Gasteiger partial charge in [0, 0.05) is 26.2 Å². The zero-order valence-electron chi connectivity index (χ0n) is 10.7. The van der Waals surface area contributed by atoms with Crippen molar-refractivity contribution < 1.29 is 26.3 Å². The molecule has 0 radical (unpaired) electrons. The predicted molar refractivity (Wildman–Crippen MR) is 66.8 cm³/mol. The Balaban J connectivity index is 0.00000220. The Labute approximate surface area is 123 Å². The van der Waals surface area contributed by atoms with E-state index in [0.717, 1.165) is 4.90 Å². The molecule has 1 aromatic carbocycles. The molecule has 0 aliphatic carbocycles. The molecule has 1 aromatic rings. The summed E-state index contributed by atoms with van der Waals surface area (Å²) in [5.74, 6) is -5.01. The Bertz CT molecular complexity index is 464. The summed E-state index contributed by atoms with van der Waals surface area (Å²) in [5.41, 5.74) is -0.629. The Morgan fingerprint density at radius 1 is 1.00 bits per heavy atom. The lowest BCUT2D eigenvalue weighted by Crippen LogP contribution is -2.49. The van der Waals surface area contributed by atoms with Crippen molar-refractivity contribution >= 4 is 12.4 Å². The van der Waals surface area contributed by atoms with E-state index in [2.05, 4.69) is 5.32 Å². The zero-order chi connectivity index (χ0) is 14.9. The maximum Gasteiger partial charge on any atom is 0.408 e. The Morgan fingerprint density at radius 2 is 1.48 bits per heavy atom. The molecular formula is C12H13ClF6N2. The van der Waals surface area contributed by atoms with E-state index in [9.17, 15) is 26.3 Å². The molecule has 0 aromatic heterocycles. The Hall–Kier alpha value is -0.990. The lowest BCUT2D eigenvalue weighted by molar-refractivity contribution is -0.188. The van der Waals surface area contributed by atoms with Gasteiger partial charge in [0.2, 0.25) is 0 Å². The van der Waals surface area contributed by atoms with E-state index in [0.29, 0.717) is 25.2 Å². The van der Waals surface area contributed by atoms with Crippen LogP contribution in [0.1, 0.15) is 11.6 Å². The number of nitrogens with zero attached hydrogens (tertiary/aromatic N) is 1. The van der Waals surface area contributed by atoms with Gasteiger partial charge in [-0.3, -0.25) is 4.90 Å². The standard InChI is InChI=1S/C12H12F6N2.ClH/c13-8-5-7(6-9(14)10(8)15)11(12(16,17)18)20-3-1-19-2-4-20;/h5-6,11,19H,1-4H2;1H/t11-;/m1./s1. The van der Waals surface area contributed by atoms with Gasteiger partial charge < -0.3 is 5.32 Å². The minimum absolute atomic E-state index is 0. The maximum absolute atomic E-state index is 13.2. The minimum Gasteiger partial charge on any atom is -0.314 e. The molecule has 1 atom stereocenters. The van der Waals surface area contributed by atoms with Gasteiger partial charge in [-0.2, -0.15) is 13.2 Å². The lowest BCUT2D eigenvalue weighted by Gasteiger charge is -2.36. The molecule has 2 nitrogen and oxygen atoms in total. The monoisotopic (exact) mass is 334 g/mol. The Morgan fingerprint density at radius 3 is 1.90 bits per heavy atom. The lowest BCUT2D eigenvalue weighted by atomic mass is 10.0. The van der Waals surface area contributed by atoms with Gasteiger partial charge in [0.15, 0.2) is 17.5 Å². The zero-order valence-corrected chi connectivity index (χ0v) is 11.5. The smallest absolute Gasteiger partial charge is 0.314 e. The molecule has 0 bridgehead atoms. The summed E-state index contributed by atoms with van der Waals surface area (Å²) in [6, 6.07) is -1.34. The molecule has 0 saturated carbocycles. The number of piperazine rings is 1. The summed E-state index contributed by atoms with van der Waals surface area (Å²) >= 11 is 0. The molecule has 9 heteroatoms. The third kappa shape index (κ3) is 4.02. The van der Waals surface area contributed by atoms with Gasteiger partial charge >= 0.3 is 6.18 Å². The van der Waals surface area contributed by atoms with E-state index in [1.54, 1.807) is 0 Å². The molecule has 1 N–H and O–H groups in total. The highest BCUT2D eigenvalue weighted by Crippen LogP contribution is 2.38. The number of alkyl halides is 3. The maximum atomic E-state index is 13.2. The number of benzene rings is 1. The van der Waals surface area contributed by atoms with Crippen molar-refractivity contribution in [3.63, 3.8) is 0 Å². The quantitative estimate of drug-likeness (QED) is 0.660. The summed E-state index contributed by atoms with van der Waals surface area (Å²) < 4.78 is 78.6. The SMILES string of the molecule is Cl.Fc1cc([C@@H](N2CCNCC2)C(F)(F)F)cc(F)c1F. The van der Waals surface area contributed by atoms with Crippen molar-refractivity contribution in [2.45, 2.75) is 12.2 Å². The highest BCUT2D eigenvalue weighted by molar-refractivity contribution is 5.85. The van der Waals surface area contributed by atoms with E-state index in [1.165, 1.54) is 0 Å². The van der Waals surface area contributed by atoms with E-state index in [-0.39, 0.29) is 25.5 Å². The van der Waals surface area contributed by atoms with Crippen molar-refractivity contribution in [2.75, 3.05) is 26.2 Å². The minimum atomic E-state index is -4.70. The highest BCUT2D eigenvalue weighted by atomic mass is 35.5. The number of hydrogen-bond donors (Lipinski definition) is 1. The molecule has 0 spiro atoms. The first-order valence-corrected chi connectivity index (χ1v) is 5.96. The average Bonchev–Trinajstić information content (AvgIpc) is 2.35. The predicted octanol–water partition coefficient (Wildman–Crippen LogP) is 3.03. The van der Waals surface area contributed by atoms with E-state index in [1.807, 2.05) is 0 Å². The van der Waals surface area contributed by atoms with E-state index in [4.69, 9.17) is 0 Å². The highest BCUT2D eigenvalue weighted by Gasteiger charge is 2.45. The first kappa shape index (κ1) is 18.1. The van der Waals surface area contributed by atoms with Crippen LogP contribution < -0.4 is 5.32 Å². The van der Waals surface area contributed by atoms with Crippen LogP contribution in [0.3, 0.4) is 0 Å². The van der Waals surface area contributed by atoms with Gasteiger partial charge in [-0.05, 0) is 17.7 Å². The third-order valence-electron chi connectivity index (χ3n) is 3.15. The van der Waals surface area contributed by atoms with Crippen molar-refractivity contribution in [3.8, 4) is 0 Å². The first-order chi connectivity index (χ1) is 9.30. The molecular weight excluding hydrogens is 322 g/mol. The van der Waals surface area contributed by atoms with Crippen LogP contribution in [0.5, 0.6) is 0 Å². The largest absolute Gasteiger partial charge is 0.408 e. The van der Waals surface area contributed by atoms with Crippen LogP contribution in [0, 0.1) is 17.5 Å². The molecule has 1 fully saturated rings. The summed E-state index contributed by atoms with van der Waals surface area (Å²) in [5, 5.41) is 2.89. The molecule has 2 rings (SSSR count). The molecule has 0 amide bonds. The van der Waals surface area contributed by atoms with Crippen LogP contribution in [-0.2, 0) is 0 Å². The number of halogens is 7. The molecule has 21 heavy (non-hydrogen) atoms. The fraction of sp³-hybridized carbons (Fsp3) is 0.500. The third-order valence-corrected chi connectivity index (χ3v) is 3.15. The van der Waals surface area contributed by atoms with Crippen LogP contribution in [0.2, 0.25) is 0 Å². The molecule has 1 aliphatic rings. The summed E-state index contributed by atoms with van der Waals surface area (Å²) in [6.07, 6.45) is -4.70. The van der Waals surface area contributed by atoms with Crippen molar-refractivity contribution in [1.29, 1.82) is 0 Å². The number of hydrogen-bond acceptors (Lipinski definition) is 2. The molecule has 1 heterocycles. The molecule has 1 saturated heterocycles. The van der Waals surface area contributed by atoms with Crippen LogP contribution in [-0.4, -0.2) is 37.3 Å². The van der Waals surface area contributed by atoms with Gasteiger partial charge in [0.25, 0.3) is 0 Å². The van der Waals surface area contributed by atoms with Gasteiger partial charge in [-0.15, -0.1) is 12.4 Å². The molecule has 1 aliphatic heterocycles. The fourth-order valence-corrected chi connectivity index (χ4v) is 2.28. The van der Waals surface area contributed by atoms with Crippen LogP contribution in [0.4, 0.5) is 26.3 Å². The van der Waals surface area contributed by atoms with E-state index >= 15 is 0 Å². The number of nitrogens with one attached hydrogen (secondary N) is 1. The Kier molecular flexibility index (Phi) is 5.89. The normalized spacial score (nSPS) is 18.2. The van der Waals surface area contributed by atoms with Crippen LogP contribution in [0.25, 0.3) is 0 Å². The average molecular weight is 335 g/mol. The topological polar surface area (TPSA) is 15.3 Å². The molecule has 120 valence electrons. The van der Waals surface area contributed by atoms with Crippen molar-refractivity contribution in [2.24, 2.45) is 0 Å². The van der Waals surface area contributed by atoms with Crippen LogP contribution >= 0.6 is 12.4 Å².